The molecule has 144 valence electrons. The van der Waals surface area contributed by atoms with Crippen molar-refractivity contribution < 1.29 is 9.53 Å². The van der Waals surface area contributed by atoms with Crippen molar-refractivity contribution in [1.29, 1.82) is 0 Å². The number of aryl methyl sites for hydroxylation is 2. The van der Waals surface area contributed by atoms with Crippen molar-refractivity contribution in [3.05, 3.63) is 71.6 Å². The van der Waals surface area contributed by atoms with E-state index in [4.69, 9.17) is 4.74 Å². The normalized spacial score (nSPS) is 18.0. The van der Waals surface area contributed by atoms with Gasteiger partial charge >= 0.3 is 0 Å². The Bertz CT molecular complexity index is 973. The average molecular weight is 395 g/mol. The number of hydrazone groups is 1. The lowest BCUT2D eigenvalue weighted by Gasteiger charge is -2.32. The molecule has 1 amide bonds. The minimum atomic E-state index is -0.545. The molecule has 0 spiro atoms. The van der Waals surface area contributed by atoms with E-state index in [-0.39, 0.29) is 5.91 Å². The van der Waals surface area contributed by atoms with E-state index in [0.717, 1.165) is 10.9 Å². The molecule has 2 heterocycles. The Kier molecular flexibility index (Phi) is 5.00. The van der Waals surface area contributed by atoms with Gasteiger partial charge in [-0.25, -0.2) is 0 Å². The lowest BCUT2D eigenvalue weighted by molar-refractivity contribution is -0.122. The molecular formula is C21H22N4O2S. The van der Waals surface area contributed by atoms with Crippen LogP contribution < -0.4 is 15.1 Å². The Morgan fingerprint density at radius 2 is 2.00 bits per heavy atom. The number of ether oxygens (including phenoxy) is 1. The molecule has 28 heavy (non-hydrogen) atoms. The first kappa shape index (κ1) is 18.4. The molecule has 1 N–H and O–H groups in total. The number of methoxy groups -OCH3 is 1. The van der Waals surface area contributed by atoms with Crippen LogP contribution in [0.4, 0.5) is 5.69 Å². The number of amidine groups is 1. The maximum Gasteiger partial charge on any atom is 0.276 e. The predicted molar refractivity (Wildman–Crippen MR) is 113 cm³/mol. The molecule has 2 aliphatic rings. The molecule has 0 bridgehead atoms. The number of anilines is 1. The Balaban J connectivity index is 1.51. The largest absolute Gasteiger partial charge is 0.495 e. The second kappa shape index (κ2) is 7.59. The number of rotatable bonds is 4. The predicted octanol–water partition coefficient (Wildman–Crippen LogP) is 3.57. The van der Waals surface area contributed by atoms with Gasteiger partial charge in [0, 0.05) is 18.2 Å². The molecular weight excluding hydrogens is 372 g/mol. The van der Waals surface area contributed by atoms with Crippen molar-refractivity contribution in [2.45, 2.75) is 25.8 Å². The maximum absolute atomic E-state index is 13.0. The van der Waals surface area contributed by atoms with Crippen molar-refractivity contribution >= 4 is 28.5 Å². The minimum absolute atomic E-state index is 0.0990. The molecule has 2 aromatic carbocycles. The van der Waals surface area contributed by atoms with Gasteiger partial charge in [-0.05, 0) is 37.1 Å². The van der Waals surface area contributed by atoms with Gasteiger partial charge in [-0.15, -0.1) is 0 Å². The molecule has 1 unspecified atom stereocenters. The number of carbonyl (C=O) groups is 1. The van der Waals surface area contributed by atoms with Crippen LogP contribution in [0.15, 0.2) is 60.0 Å². The second-order valence-corrected chi connectivity index (χ2v) is 7.67. The first-order valence-electron chi connectivity index (χ1n) is 9.03. The standard InChI is InChI=1S/C21H22N4O2S/c1-14-8-9-15(2)16(12-14)13-28-21-23-22-19-20(26)24(10-11-25(19)21)17-6-4-5-7-18(17)27-3/h4-12,19,22H,13H2,1-3H3. The van der Waals surface area contributed by atoms with Crippen molar-refractivity contribution in [2.24, 2.45) is 5.10 Å². The Labute approximate surface area is 168 Å². The van der Waals surface area contributed by atoms with Crippen LogP contribution >= 0.6 is 11.8 Å². The SMILES string of the molecule is COc1ccccc1N1C=CN2C(SCc3cc(C)ccc3C)=NNC2C1=O. The topological polar surface area (TPSA) is 57.2 Å². The Hall–Kier alpha value is -2.93. The number of benzene rings is 2. The summed E-state index contributed by atoms with van der Waals surface area (Å²) in [6.45, 7) is 4.21. The van der Waals surface area contributed by atoms with Gasteiger partial charge in [0.25, 0.3) is 5.91 Å². The number of amides is 1. The fraction of sp³-hybridized carbons (Fsp3) is 0.238. The average Bonchev–Trinajstić information content (AvgIpc) is 3.13. The van der Waals surface area contributed by atoms with E-state index < -0.39 is 6.17 Å². The maximum atomic E-state index is 13.0. The number of nitrogens with zero attached hydrogens (tertiary/aromatic N) is 3. The van der Waals surface area contributed by atoms with Gasteiger partial charge in [-0.1, -0.05) is 47.7 Å². The van der Waals surface area contributed by atoms with Crippen LogP contribution in [0.2, 0.25) is 0 Å². The molecule has 0 saturated heterocycles. The molecule has 0 aromatic heterocycles. The van der Waals surface area contributed by atoms with Crippen LogP contribution in [0, 0.1) is 13.8 Å². The highest BCUT2D eigenvalue weighted by molar-refractivity contribution is 8.13. The van der Waals surface area contributed by atoms with Gasteiger partial charge in [0.05, 0.1) is 12.8 Å². The first-order chi connectivity index (χ1) is 13.6. The molecule has 2 aliphatic heterocycles. The third-order valence-electron chi connectivity index (χ3n) is 4.84. The van der Waals surface area contributed by atoms with E-state index in [2.05, 4.69) is 42.6 Å². The summed E-state index contributed by atoms with van der Waals surface area (Å²) in [5, 5.41) is 5.18. The number of fused-ring (bicyclic) bond motifs is 1. The number of para-hydroxylation sites is 2. The van der Waals surface area contributed by atoms with Gasteiger partial charge in [0.1, 0.15) is 5.75 Å². The van der Waals surface area contributed by atoms with Crippen LogP contribution in [-0.2, 0) is 10.5 Å². The highest BCUT2D eigenvalue weighted by Crippen LogP contribution is 2.32. The quantitative estimate of drug-likeness (QED) is 0.859. The zero-order valence-corrected chi connectivity index (χ0v) is 16.9. The molecule has 6 nitrogen and oxygen atoms in total. The van der Waals surface area contributed by atoms with Gasteiger partial charge in [0.15, 0.2) is 5.17 Å². The lowest BCUT2D eigenvalue weighted by atomic mass is 10.1. The summed E-state index contributed by atoms with van der Waals surface area (Å²) in [4.78, 5) is 16.5. The van der Waals surface area contributed by atoms with Crippen molar-refractivity contribution in [2.75, 3.05) is 12.0 Å². The molecule has 0 radical (unpaired) electrons. The van der Waals surface area contributed by atoms with E-state index in [9.17, 15) is 4.79 Å². The monoisotopic (exact) mass is 394 g/mol. The zero-order chi connectivity index (χ0) is 19.7. The number of thioether (sulfide) groups is 1. The Morgan fingerprint density at radius 3 is 2.82 bits per heavy atom. The fourth-order valence-electron chi connectivity index (χ4n) is 3.25. The number of carbonyl (C=O) groups excluding carboxylic acids is 1. The van der Waals surface area contributed by atoms with Crippen LogP contribution in [0.5, 0.6) is 5.75 Å². The van der Waals surface area contributed by atoms with E-state index in [1.807, 2.05) is 35.4 Å². The van der Waals surface area contributed by atoms with E-state index >= 15 is 0 Å². The lowest BCUT2D eigenvalue weighted by Crippen LogP contribution is -2.52. The molecule has 0 aliphatic carbocycles. The molecule has 0 fully saturated rings. The summed E-state index contributed by atoms with van der Waals surface area (Å²) in [6, 6.07) is 13.9. The number of hydrogen-bond acceptors (Lipinski definition) is 6. The van der Waals surface area contributed by atoms with E-state index in [1.54, 1.807) is 30.0 Å². The fourth-order valence-corrected chi connectivity index (χ4v) is 4.28. The highest BCUT2D eigenvalue weighted by Gasteiger charge is 2.38. The van der Waals surface area contributed by atoms with Crippen molar-refractivity contribution in [1.82, 2.24) is 10.3 Å². The summed E-state index contributed by atoms with van der Waals surface area (Å²) in [6.07, 6.45) is 3.10. The molecule has 0 saturated carbocycles. The van der Waals surface area contributed by atoms with Crippen LogP contribution in [0.1, 0.15) is 16.7 Å². The molecule has 4 rings (SSSR count). The van der Waals surface area contributed by atoms with E-state index in [0.29, 0.717) is 11.4 Å². The van der Waals surface area contributed by atoms with Crippen molar-refractivity contribution in [3.63, 3.8) is 0 Å². The third kappa shape index (κ3) is 3.33. The summed E-state index contributed by atoms with van der Waals surface area (Å²) < 4.78 is 5.39. The van der Waals surface area contributed by atoms with Crippen LogP contribution in [0.25, 0.3) is 0 Å². The summed E-state index contributed by atoms with van der Waals surface area (Å²) >= 11 is 1.62. The van der Waals surface area contributed by atoms with Gasteiger partial charge in [0.2, 0.25) is 6.17 Å². The van der Waals surface area contributed by atoms with Crippen molar-refractivity contribution in [3.8, 4) is 5.75 Å². The first-order valence-corrected chi connectivity index (χ1v) is 10.0. The smallest absolute Gasteiger partial charge is 0.276 e. The zero-order valence-electron chi connectivity index (χ0n) is 16.0. The van der Waals surface area contributed by atoms with Crippen LogP contribution in [-0.4, -0.2) is 29.3 Å². The van der Waals surface area contributed by atoms with E-state index in [1.165, 1.54) is 16.7 Å². The van der Waals surface area contributed by atoms with Gasteiger partial charge in [-0.3, -0.25) is 20.0 Å². The highest BCUT2D eigenvalue weighted by atomic mass is 32.2. The molecule has 2 aromatic rings. The summed E-state index contributed by atoms with van der Waals surface area (Å²) in [5.41, 5.74) is 7.46. The minimum Gasteiger partial charge on any atom is -0.495 e. The van der Waals surface area contributed by atoms with Gasteiger partial charge < -0.3 is 4.74 Å². The third-order valence-corrected chi connectivity index (χ3v) is 5.85. The van der Waals surface area contributed by atoms with Crippen LogP contribution in [0.3, 0.4) is 0 Å². The molecule has 1 atom stereocenters. The second-order valence-electron chi connectivity index (χ2n) is 6.73. The molecule has 7 heteroatoms. The summed E-state index contributed by atoms with van der Waals surface area (Å²) in [5.74, 6) is 1.35. The summed E-state index contributed by atoms with van der Waals surface area (Å²) in [7, 11) is 1.60. The van der Waals surface area contributed by atoms with Gasteiger partial charge in [-0.2, -0.15) is 5.10 Å². The Morgan fingerprint density at radius 1 is 1.18 bits per heavy atom. The number of hydrogen-bond donors (Lipinski definition) is 1. The number of nitrogens with one attached hydrogen (secondary N) is 1.